The molecule has 2 aromatic rings. The number of hydrogen-bond acceptors (Lipinski definition) is 3. The molecule has 0 saturated heterocycles. The number of carbonyl (C=O) groups is 2. The van der Waals surface area contributed by atoms with Crippen molar-refractivity contribution in [2.45, 2.75) is 0 Å². The average Bonchev–Trinajstić information content (AvgIpc) is 2.66. The molecular formula is C12H10ClNO3. The topological polar surface area (TPSA) is 48.3 Å². The maximum Gasteiger partial charge on any atom is 0.293 e. The van der Waals surface area contributed by atoms with Crippen LogP contribution in [0, 0.1) is 0 Å². The van der Waals surface area contributed by atoms with Crippen LogP contribution in [0.5, 0.6) is 5.75 Å². The molecule has 1 aromatic carbocycles. The van der Waals surface area contributed by atoms with E-state index in [9.17, 15) is 9.59 Å². The molecule has 5 heteroatoms. The molecule has 0 unspecified atom stereocenters. The number of nitrogens with zero attached hydrogens (tertiary/aromatic N) is 1. The maximum atomic E-state index is 11.7. The molecule has 4 nitrogen and oxygen atoms in total. The van der Waals surface area contributed by atoms with Crippen LogP contribution in [0.4, 0.5) is 0 Å². The van der Waals surface area contributed by atoms with Gasteiger partial charge < -0.3 is 9.30 Å². The van der Waals surface area contributed by atoms with Gasteiger partial charge >= 0.3 is 0 Å². The molecule has 1 aromatic heterocycles. The van der Waals surface area contributed by atoms with Crippen molar-refractivity contribution in [2.75, 3.05) is 7.11 Å². The Morgan fingerprint density at radius 2 is 2.06 bits per heavy atom. The molecule has 0 N–H and O–H groups in total. The summed E-state index contributed by atoms with van der Waals surface area (Å²) < 4.78 is 6.95. The quantitative estimate of drug-likeness (QED) is 0.477. The van der Waals surface area contributed by atoms with E-state index in [-0.39, 0.29) is 5.56 Å². The van der Waals surface area contributed by atoms with Gasteiger partial charge in [-0.05, 0) is 23.7 Å². The van der Waals surface area contributed by atoms with E-state index >= 15 is 0 Å². The van der Waals surface area contributed by atoms with Crippen molar-refractivity contribution in [3.63, 3.8) is 0 Å². The van der Waals surface area contributed by atoms with Crippen molar-refractivity contribution < 1.29 is 14.3 Å². The SMILES string of the molecule is COc1cccc2c1c(C(=O)C(=O)Cl)cn2C. The largest absolute Gasteiger partial charge is 0.496 e. The van der Waals surface area contributed by atoms with Gasteiger partial charge in [-0.1, -0.05) is 6.07 Å². The minimum absolute atomic E-state index is 0.264. The minimum atomic E-state index is -0.997. The highest BCUT2D eigenvalue weighted by Gasteiger charge is 2.21. The molecule has 0 atom stereocenters. The zero-order chi connectivity index (χ0) is 12.6. The third kappa shape index (κ3) is 1.80. The first-order valence-corrected chi connectivity index (χ1v) is 5.30. The van der Waals surface area contributed by atoms with Crippen LogP contribution in [0.3, 0.4) is 0 Å². The fraction of sp³-hybridized carbons (Fsp3) is 0.167. The predicted molar refractivity (Wildman–Crippen MR) is 64.7 cm³/mol. The lowest BCUT2D eigenvalue weighted by Crippen LogP contribution is -2.06. The standard InChI is InChI=1S/C12H10ClNO3/c1-14-6-7(11(15)12(13)16)10-8(14)4-3-5-9(10)17-2/h3-6H,1-2H3. The van der Waals surface area contributed by atoms with Gasteiger partial charge in [0.25, 0.3) is 5.24 Å². The van der Waals surface area contributed by atoms with Gasteiger partial charge in [-0.2, -0.15) is 0 Å². The molecule has 0 aliphatic rings. The number of hydrogen-bond donors (Lipinski definition) is 0. The number of methoxy groups -OCH3 is 1. The Bertz CT molecular complexity index is 615. The molecular weight excluding hydrogens is 242 g/mol. The number of rotatable bonds is 3. The van der Waals surface area contributed by atoms with E-state index in [4.69, 9.17) is 16.3 Å². The Labute approximate surface area is 103 Å². The third-order valence-electron chi connectivity index (χ3n) is 2.62. The molecule has 0 fully saturated rings. The second-order valence-electron chi connectivity index (χ2n) is 3.61. The lowest BCUT2D eigenvalue weighted by atomic mass is 10.1. The molecule has 0 bridgehead atoms. The van der Waals surface area contributed by atoms with Crippen molar-refractivity contribution in [1.82, 2.24) is 4.57 Å². The van der Waals surface area contributed by atoms with Crippen LogP contribution >= 0.6 is 11.6 Å². The highest BCUT2D eigenvalue weighted by atomic mass is 35.5. The van der Waals surface area contributed by atoms with Crippen LogP contribution in [0.15, 0.2) is 24.4 Å². The molecule has 88 valence electrons. The maximum absolute atomic E-state index is 11.7. The van der Waals surface area contributed by atoms with Crippen molar-refractivity contribution in [2.24, 2.45) is 7.05 Å². The van der Waals surface area contributed by atoms with E-state index in [0.717, 1.165) is 5.52 Å². The first-order chi connectivity index (χ1) is 8.06. The summed E-state index contributed by atoms with van der Waals surface area (Å²) in [4.78, 5) is 22.7. The van der Waals surface area contributed by atoms with Crippen molar-refractivity contribution in [1.29, 1.82) is 0 Å². The minimum Gasteiger partial charge on any atom is -0.496 e. The lowest BCUT2D eigenvalue weighted by Gasteiger charge is -2.03. The average molecular weight is 252 g/mol. The summed E-state index contributed by atoms with van der Waals surface area (Å²) in [5.74, 6) is -0.175. The smallest absolute Gasteiger partial charge is 0.293 e. The Hall–Kier alpha value is -1.81. The number of halogens is 1. The number of fused-ring (bicyclic) bond motifs is 1. The summed E-state index contributed by atoms with van der Waals surface area (Å²) >= 11 is 5.23. The van der Waals surface area contributed by atoms with E-state index in [1.54, 1.807) is 23.9 Å². The zero-order valence-electron chi connectivity index (χ0n) is 9.36. The number of aryl methyl sites for hydroxylation is 1. The first-order valence-electron chi connectivity index (χ1n) is 4.92. The number of carbonyl (C=O) groups excluding carboxylic acids is 2. The fourth-order valence-corrected chi connectivity index (χ4v) is 1.96. The molecule has 0 amide bonds. The molecule has 0 aliphatic carbocycles. The van der Waals surface area contributed by atoms with Crippen molar-refractivity contribution in [3.8, 4) is 5.75 Å². The number of aromatic nitrogens is 1. The summed E-state index contributed by atoms with van der Waals surface area (Å²) in [5.41, 5.74) is 1.07. The van der Waals surface area contributed by atoms with E-state index in [0.29, 0.717) is 11.1 Å². The van der Waals surface area contributed by atoms with Crippen LogP contribution in [-0.2, 0) is 11.8 Å². The van der Waals surface area contributed by atoms with Crippen molar-refractivity contribution >= 4 is 33.5 Å². The fourth-order valence-electron chi connectivity index (χ4n) is 1.86. The van der Waals surface area contributed by atoms with Gasteiger partial charge in [0.1, 0.15) is 5.75 Å². The number of Topliss-reactive ketones (excluding diaryl/α,β-unsaturated/α-hetero) is 1. The zero-order valence-corrected chi connectivity index (χ0v) is 10.1. The summed E-state index contributed by atoms with van der Waals surface area (Å²) in [6, 6.07) is 5.39. The van der Waals surface area contributed by atoms with E-state index in [1.807, 2.05) is 12.1 Å². The summed E-state index contributed by atoms with van der Waals surface area (Å²) in [7, 11) is 3.30. The van der Waals surface area contributed by atoms with Crippen LogP contribution < -0.4 is 4.74 Å². The van der Waals surface area contributed by atoms with Crippen LogP contribution in [0.1, 0.15) is 10.4 Å². The molecule has 0 spiro atoms. The van der Waals surface area contributed by atoms with Crippen LogP contribution in [0.2, 0.25) is 0 Å². The second-order valence-corrected chi connectivity index (χ2v) is 3.95. The van der Waals surface area contributed by atoms with E-state index < -0.39 is 11.0 Å². The van der Waals surface area contributed by atoms with Crippen molar-refractivity contribution in [3.05, 3.63) is 30.0 Å². The van der Waals surface area contributed by atoms with Gasteiger partial charge in [0.15, 0.2) is 0 Å². The molecule has 2 rings (SSSR count). The molecule has 0 saturated carbocycles. The monoisotopic (exact) mass is 251 g/mol. The first kappa shape index (κ1) is 11.7. The number of ether oxygens (including phenoxy) is 1. The van der Waals surface area contributed by atoms with Gasteiger partial charge in [0.05, 0.1) is 23.6 Å². The molecule has 1 heterocycles. The number of benzene rings is 1. The van der Waals surface area contributed by atoms with E-state index in [1.165, 1.54) is 7.11 Å². The van der Waals surface area contributed by atoms with Gasteiger partial charge in [-0.15, -0.1) is 0 Å². The molecule has 0 aliphatic heterocycles. The number of ketones is 1. The third-order valence-corrected chi connectivity index (χ3v) is 2.79. The Kier molecular flexibility index (Phi) is 2.90. The molecule has 17 heavy (non-hydrogen) atoms. The van der Waals surface area contributed by atoms with Crippen LogP contribution in [0.25, 0.3) is 10.9 Å². The van der Waals surface area contributed by atoms with Gasteiger partial charge in [0, 0.05) is 13.2 Å². The predicted octanol–water partition coefficient (Wildman–Crippen LogP) is 2.13. The van der Waals surface area contributed by atoms with Gasteiger partial charge in [-0.25, -0.2) is 0 Å². The second kappa shape index (κ2) is 4.22. The lowest BCUT2D eigenvalue weighted by molar-refractivity contribution is -0.108. The van der Waals surface area contributed by atoms with E-state index in [2.05, 4.69) is 0 Å². The normalized spacial score (nSPS) is 10.5. The Morgan fingerprint density at radius 1 is 1.35 bits per heavy atom. The van der Waals surface area contributed by atoms with Gasteiger partial charge in [0.2, 0.25) is 5.78 Å². The van der Waals surface area contributed by atoms with Crippen LogP contribution in [-0.4, -0.2) is 22.7 Å². The molecule has 0 radical (unpaired) electrons. The summed E-state index contributed by atoms with van der Waals surface area (Å²) in [6.07, 6.45) is 1.58. The Balaban J connectivity index is 2.80. The Morgan fingerprint density at radius 3 is 2.65 bits per heavy atom. The van der Waals surface area contributed by atoms with Gasteiger partial charge in [-0.3, -0.25) is 9.59 Å². The highest BCUT2D eigenvalue weighted by Crippen LogP contribution is 2.30. The summed E-state index contributed by atoms with van der Waals surface area (Å²) in [6.45, 7) is 0. The summed E-state index contributed by atoms with van der Waals surface area (Å²) in [5, 5.41) is -0.389. The highest BCUT2D eigenvalue weighted by molar-refractivity contribution is 6.83.